The van der Waals surface area contributed by atoms with Crippen molar-refractivity contribution in [3.05, 3.63) is 23.8 Å². The fourth-order valence-corrected chi connectivity index (χ4v) is 4.76. The molecule has 0 radical (unpaired) electrons. The number of allylic oxidation sites excluding steroid dienone is 3. The van der Waals surface area contributed by atoms with Gasteiger partial charge in [0.1, 0.15) is 0 Å². The van der Waals surface area contributed by atoms with E-state index in [1.807, 2.05) is 26.8 Å². The summed E-state index contributed by atoms with van der Waals surface area (Å²) in [5.74, 6) is 1.44. The van der Waals surface area contributed by atoms with Gasteiger partial charge in [-0.1, -0.05) is 65.2 Å². The number of carbonyl (C=O) groups is 1. The Bertz CT molecular complexity index is 602. The molecule has 2 aliphatic rings. The molecule has 0 spiro atoms. The summed E-state index contributed by atoms with van der Waals surface area (Å²) in [7, 11) is 1.00. The van der Waals surface area contributed by atoms with E-state index in [0.717, 1.165) is 57.6 Å². The smallest absolute Gasteiger partial charge is 0.158 e. The summed E-state index contributed by atoms with van der Waals surface area (Å²) in [6.07, 6.45) is 14.4. The lowest BCUT2D eigenvalue weighted by Crippen LogP contribution is -2.30. The summed E-state index contributed by atoms with van der Waals surface area (Å²) < 4.78 is 11.9. The Morgan fingerprint density at radius 2 is 1.75 bits per heavy atom. The van der Waals surface area contributed by atoms with Crippen LogP contribution in [-0.4, -0.2) is 50.2 Å². The summed E-state index contributed by atoms with van der Waals surface area (Å²) in [4.78, 5) is 23.8. The Morgan fingerprint density at radius 1 is 1.03 bits per heavy atom. The quantitative estimate of drug-likeness (QED) is 0.397. The molecule has 0 saturated carbocycles. The molecule has 36 heavy (non-hydrogen) atoms. The fourth-order valence-electron chi connectivity index (χ4n) is 4.76. The number of hydrogen-bond donors (Lipinski definition) is 1. The lowest BCUT2D eigenvalue weighted by molar-refractivity contribution is -0.303. The minimum Gasteiger partial charge on any atom is -0.400 e. The van der Waals surface area contributed by atoms with E-state index in [4.69, 9.17) is 24.4 Å². The third-order valence-electron chi connectivity index (χ3n) is 6.60. The first kappa shape index (κ1) is 35.0. The first-order valence-corrected chi connectivity index (χ1v) is 14.2. The maximum absolute atomic E-state index is 12.7. The fraction of sp³-hybridized carbons (Fsp3) is 0.833. The number of rotatable bonds is 5. The first-order valence-electron chi connectivity index (χ1n) is 14.2. The first-order chi connectivity index (χ1) is 17.4. The Kier molecular flexibility index (Phi) is 21.3. The van der Waals surface area contributed by atoms with Crippen LogP contribution in [0.15, 0.2) is 23.8 Å². The molecule has 6 atom stereocenters. The van der Waals surface area contributed by atoms with Crippen LogP contribution in [0.3, 0.4) is 0 Å². The normalized spacial score (nSPS) is 33.1. The highest BCUT2D eigenvalue weighted by Crippen LogP contribution is 2.27. The van der Waals surface area contributed by atoms with Gasteiger partial charge in [0.15, 0.2) is 12.1 Å². The molecule has 1 fully saturated rings. The predicted octanol–water partition coefficient (Wildman–Crippen LogP) is 7.06. The highest BCUT2D eigenvalue weighted by molar-refractivity contribution is 5.91. The average Bonchev–Trinajstić information content (AvgIpc) is 2.87. The van der Waals surface area contributed by atoms with Crippen molar-refractivity contribution >= 4 is 5.78 Å². The van der Waals surface area contributed by atoms with Crippen molar-refractivity contribution in [1.29, 1.82) is 0 Å². The second-order valence-corrected chi connectivity index (χ2v) is 10.1. The summed E-state index contributed by atoms with van der Waals surface area (Å²) in [5.41, 5.74) is 1.03. The third kappa shape index (κ3) is 15.9. The maximum Gasteiger partial charge on any atom is 0.158 e. The summed E-state index contributed by atoms with van der Waals surface area (Å²) in [6, 6.07) is 0. The van der Waals surface area contributed by atoms with Crippen LogP contribution in [0.2, 0.25) is 0 Å². The molecular weight excluding hydrogens is 456 g/mol. The van der Waals surface area contributed by atoms with Gasteiger partial charge in [0.05, 0.1) is 25.9 Å². The zero-order valence-corrected chi connectivity index (χ0v) is 24.5. The zero-order valence-electron chi connectivity index (χ0n) is 24.5. The molecule has 0 bridgehead atoms. The second kappa shape index (κ2) is 22.0. The van der Waals surface area contributed by atoms with E-state index in [-0.39, 0.29) is 30.0 Å². The molecule has 0 aromatic rings. The molecule has 2 rings (SSSR count). The number of ketones is 1. The van der Waals surface area contributed by atoms with E-state index < -0.39 is 0 Å². The van der Waals surface area contributed by atoms with E-state index in [1.54, 1.807) is 6.08 Å². The number of carbonyl (C=O) groups excluding carboxylic acids is 1. The van der Waals surface area contributed by atoms with Crippen LogP contribution in [-0.2, 0) is 24.0 Å². The minimum atomic E-state index is -0.149. The van der Waals surface area contributed by atoms with Crippen molar-refractivity contribution in [3.8, 4) is 0 Å². The van der Waals surface area contributed by atoms with Gasteiger partial charge < -0.3 is 14.6 Å². The third-order valence-corrected chi connectivity index (χ3v) is 6.60. The molecule has 2 aliphatic heterocycles. The maximum atomic E-state index is 12.7. The van der Waals surface area contributed by atoms with Gasteiger partial charge in [-0.05, 0) is 70.3 Å². The predicted molar refractivity (Wildman–Crippen MR) is 148 cm³/mol. The summed E-state index contributed by atoms with van der Waals surface area (Å²) in [5, 5.41) is 7.00. The molecule has 0 amide bonds. The molecular formula is C30H56O6. The van der Waals surface area contributed by atoms with E-state index >= 15 is 0 Å². The van der Waals surface area contributed by atoms with Crippen LogP contribution < -0.4 is 0 Å². The highest BCUT2D eigenvalue weighted by atomic mass is 17.2. The highest BCUT2D eigenvalue weighted by Gasteiger charge is 2.22. The van der Waals surface area contributed by atoms with Crippen molar-refractivity contribution in [1.82, 2.24) is 0 Å². The number of hydrogen-bond acceptors (Lipinski definition) is 6. The SMILES string of the molecule is CC.CCC[C@@H]1C[C@@H](C)CCOOCC(COC2CCCC(C)O2)/C=C(C)/C=C/C(=O)[C@H](C)C1.CO. The van der Waals surface area contributed by atoms with E-state index in [2.05, 4.69) is 33.8 Å². The Labute approximate surface area is 221 Å². The molecule has 1 saturated heterocycles. The van der Waals surface area contributed by atoms with Crippen LogP contribution in [0, 0.1) is 23.7 Å². The van der Waals surface area contributed by atoms with Gasteiger partial charge in [0, 0.05) is 18.9 Å². The van der Waals surface area contributed by atoms with Gasteiger partial charge in [0.25, 0.3) is 0 Å². The minimum absolute atomic E-state index is 0.0345. The summed E-state index contributed by atoms with van der Waals surface area (Å²) >= 11 is 0. The van der Waals surface area contributed by atoms with Crippen molar-refractivity contribution < 1.29 is 29.1 Å². The van der Waals surface area contributed by atoms with Gasteiger partial charge in [-0.3, -0.25) is 4.79 Å². The number of ether oxygens (including phenoxy) is 2. The van der Waals surface area contributed by atoms with Crippen LogP contribution >= 0.6 is 0 Å². The molecule has 0 aliphatic carbocycles. The van der Waals surface area contributed by atoms with Gasteiger partial charge in [-0.15, -0.1) is 0 Å². The van der Waals surface area contributed by atoms with Crippen LogP contribution in [0.25, 0.3) is 0 Å². The van der Waals surface area contributed by atoms with Crippen molar-refractivity contribution in [2.24, 2.45) is 23.7 Å². The lowest BCUT2D eigenvalue weighted by atomic mass is 9.83. The Balaban J connectivity index is 0.00000291. The van der Waals surface area contributed by atoms with E-state index in [0.29, 0.717) is 31.7 Å². The molecule has 0 aromatic carbocycles. The molecule has 0 aromatic heterocycles. The standard InChI is InChI=1S/C27H46O5.C2H6.CH4O/c1-6-8-24-15-21(3)13-14-30-31-19-25(18-29-27-10-7-9-23(5)32-27)16-20(2)11-12-26(28)22(4)17-24;2*1-2/h11-12,16,21-25,27H,6-10,13-15,17-19H2,1-5H3;1-2H3;2H,1H3/b12-11+,20-16+;;/t21-,22+,23?,24+,25?,27?;;/m0../s1. The Hall–Kier alpha value is -1.05. The molecule has 2 heterocycles. The van der Waals surface area contributed by atoms with E-state index in [9.17, 15) is 4.79 Å². The van der Waals surface area contributed by atoms with Crippen LogP contribution in [0.4, 0.5) is 0 Å². The van der Waals surface area contributed by atoms with Crippen molar-refractivity contribution in [2.45, 2.75) is 112 Å². The molecule has 212 valence electrons. The average molecular weight is 513 g/mol. The number of aliphatic hydroxyl groups is 1. The van der Waals surface area contributed by atoms with Gasteiger partial charge in [-0.25, -0.2) is 9.78 Å². The Morgan fingerprint density at radius 3 is 2.42 bits per heavy atom. The van der Waals surface area contributed by atoms with Crippen LogP contribution in [0.1, 0.15) is 99.8 Å². The molecule has 1 N–H and O–H groups in total. The molecule has 6 heteroatoms. The van der Waals surface area contributed by atoms with Crippen LogP contribution in [0.5, 0.6) is 0 Å². The molecule has 3 unspecified atom stereocenters. The van der Waals surface area contributed by atoms with E-state index in [1.165, 1.54) is 6.42 Å². The number of aliphatic hydroxyl groups excluding tert-OH is 1. The van der Waals surface area contributed by atoms with Gasteiger partial charge in [-0.2, -0.15) is 0 Å². The van der Waals surface area contributed by atoms with Gasteiger partial charge in [0.2, 0.25) is 0 Å². The zero-order chi connectivity index (χ0) is 27.3. The largest absolute Gasteiger partial charge is 0.400 e. The van der Waals surface area contributed by atoms with Gasteiger partial charge >= 0.3 is 0 Å². The molecule has 6 nitrogen and oxygen atoms in total. The topological polar surface area (TPSA) is 74.2 Å². The lowest BCUT2D eigenvalue weighted by Gasteiger charge is -2.28. The second-order valence-electron chi connectivity index (χ2n) is 10.1. The van der Waals surface area contributed by atoms with Crippen molar-refractivity contribution in [3.63, 3.8) is 0 Å². The monoisotopic (exact) mass is 512 g/mol. The van der Waals surface area contributed by atoms with Crippen molar-refractivity contribution in [2.75, 3.05) is 26.9 Å². The summed E-state index contributed by atoms with van der Waals surface area (Å²) in [6.45, 7) is 16.2.